The number of nitrogens with one attached hydrogen (secondary N) is 1. The van der Waals surface area contributed by atoms with E-state index in [4.69, 9.17) is 0 Å². The zero-order chi connectivity index (χ0) is 11.5. The van der Waals surface area contributed by atoms with E-state index in [1.165, 1.54) is 0 Å². The molecule has 0 bridgehead atoms. The van der Waals surface area contributed by atoms with Crippen LogP contribution in [0.3, 0.4) is 0 Å². The molecule has 0 spiro atoms. The van der Waals surface area contributed by atoms with Crippen LogP contribution in [-0.2, 0) is 6.54 Å². The largest absolute Gasteiger partial charge is 0.370 e. The van der Waals surface area contributed by atoms with Crippen molar-refractivity contribution >= 4 is 5.84 Å². The van der Waals surface area contributed by atoms with Crippen LogP contribution >= 0.6 is 0 Å². The quantitative estimate of drug-likeness (QED) is 0.814. The fourth-order valence-electron chi connectivity index (χ4n) is 2.03. The third kappa shape index (κ3) is 2.40. The van der Waals surface area contributed by atoms with E-state index in [0.29, 0.717) is 11.1 Å². The predicted molar refractivity (Wildman–Crippen MR) is 64.2 cm³/mol. The molecule has 2 rings (SSSR count). The van der Waals surface area contributed by atoms with Crippen LogP contribution in [0, 0.1) is 19.7 Å². The van der Waals surface area contributed by atoms with Crippen molar-refractivity contribution in [3.63, 3.8) is 0 Å². The summed E-state index contributed by atoms with van der Waals surface area (Å²) in [5.74, 6) is 0.988. The third-order valence-electron chi connectivity index (χ3n) is 2.87. The number of hydrogen-bond donors (Lipinski definition) is 1. The first-order valence-electron chi connectivity index (χ1n) is 5.69. The maximum absolute atomic E-state index is 13.4. The van der Waals surface area contributed by atoms with Gasteiger partial charge in [0.2, 0.25) is 0 Å². The minimum atomic E-state index is -0.0954. The Morgan fingerprint density at radius 3 is 2.56 bits per heavy atom. The monoisotopic (exact) mass is 220 g/mol. The van der Waals surface area contributed by atoms with Crippen LogP contribution in [0.4, 0.5) is 4.39 Å². The Morgan fingerprint density at radius 2 is 2.00 bits per heavy atom. The van der Waals surface area contributed by atoms with E-state index >= 15 is 0 Å². The Balaban J connectivity index is 2.04. The van der Waals surface area contributed by atoms with E-state index in [0.717, 1.165) is 37.3 Å². The number of aliphatic imine (C=N–C) groups is 1. The van der Waals surface area contributed by atoms with Crippen molar-refractivity contribution in [3.8, 4) is 0 Å². The first-order chi connectivity index (χ1) is 7.66. The lowest BCUT2D eigenvalue weighted by Crippen LogP contribution is -2.20. The summed E-state index contributed by atoms with van der Waals surface area (Å²) in [7, 11) is 0. The molecule has 16 heavy (non-hydrogen) atoms. The first-order valence-corrected chi connectivity index (χ1v) is 5.69. The molecule has 1 heterocycles. The summed E-state index contributed by atoms with van der Waals surface area (Å²) >= 11 is 0. The lowest BCUT2D eigenvalue weighted by molar-refractivity contribution is 0.608. The van der Waals surface area contributed by atoms with Gasteiger partial charge in [0.15, 0.2) is 0 Å². The zero-order valence-corrected chi connectivity index (χ0v) is 9.81. The van der Waals surface area contributed by atoms with Gasteiger partial charge in [0.05, 0.1) is 5.84 Å². The average molecular weight is 220 g/mol. The maximum Gasteiger partial charge on any atom is 0.129 e. The van der Waals surface area contributed by atoms with Gasteiger partial charge in [0.25, 0.3) is 0 Å². The fraction of sp³-hybridized carbons (Fsp3) is 0.462. The molecular formula is C13H17FN2. The van der Waals surface area contributed by atoms with Gasteiger partial charge < -0.3 is 5.32 Å². The highest BCUT2D eigenvalue weighted by Gasteiger charge is 2.07. The molecule has 2 nitrogen and oxygen atoms in total. The Kier molecular flexibility index (Phi) is 3.22. The molecule has 1 aromatic rings. The van der Waals surface area contributed by atoms with E-state index in [9.17, 15) is 4.39 Å². The highest BCUT2D eigenvalue weighted by atomic mass is 19.1. The second kappa shape index (κ2) is 4.64. The molecule has 1 aliphatic heterocycles. The first kappa shape index (κ1) is 11.1. The SMILES string of the molecule is Cc1cc(CNC2=NCCC2)cc(C)c1F. The van der Waals surface area contributed by atoms with Gasteiger partial charge in [-0.15, -0.1) is 0 Å². The van der Waals surface area contributed by atoms with Gasteiger partial charge in [-0.05, 0) is 37.0 Å². The van der Waals surface area contributed by atoms with Crippen LogP contribution in [0.15, 0.2) is 17.1 Å². The molecule has 1 N–H and O–H groups in total. The predicted octanol–water partition coefficient (Wildman–Crippen LogP) is 2.72. The second-order valence-corrected chi connectivity index (χ2v) is 4.33. The molecule has 86 valence electrons. The number of rotatable bonds is 2. The minimum absolute atomic E-state index is 0.0954. The topological polar surface area (TPSA) is 24.4 Å². The number of benzene rings is 1. The number of halogens is 1. The Hall–Kier alpha value is -1.38. The fourth-order valence-corrected chi connectivity index (χ4v) is 2.03. The molecule has 0 atom stereocenters. The van der Waals surface area contributed by atoms with Crippen LogP contribution in [0.1, 0.15) is 29.5 Å². The van der Waals surface area contributed by atoms with Gasteiger partial charge in [-0.25, -0.2) is 4.39 Å². The molecule has 3 heteroatoms. The van der Waals surface area contributed by atoms with Gasteiger partial charge >= 0.3 is 0 Å². The highest BCUT2D eigenvalue weighted by Crippen LogP contribution is 2.14. The van der Waals surface area contributed by atoms with Crippen LogP contribution in [0.5, 0.6) is 0 Å². The van der Waals surface area contributed by atoms with E-state index in [2.05, 4.69) is 10.3 Å². The van der Waals surface area contributed by atoms with E-state index in [1.807, 2.05) is 12.1 Å². The average Bonchev–Trinajstić information content (AvgIpc) is 2.75. The van der Waals surface area contributed by atoms with E-state index in [1.54, 1.807) is 13.8 Å². The standard InChI is InChI=1S/C13H17FN2/c1-9-6-11(7-10(2)13(9)14)8-16-12-4-3-5-15-12/h6-7H,3-5,8H2,1-2H3,(H,15,16). The van der Waals surface area contributed by atoms with Crippen LogP contribution in [0.2, 0.25) is 0 Å². The van der Waals surface area contributed by atoms with Crippen molar-refractivity contribution in [2.45, 2.75) is 33.2 Å². The van der Waals surface area contributed by atoms with Gasteiger partial charge in [-0.2, -0.15) is 0 Å². The van der Waals surface area contributed by atoms with E-state index in [-0.39, 0.29) is 5.82 Å². The molecule has 0 saturated heterocycles. The van der Waals surface area contributed by atoms with Crippen molar-refractivity contribution in [1.82, 2.24) is 5.32 Å². The summed E-state index contributed by atoms with van der Waals surface area (Å²) in [5, 5.41) is 3.30. The summed E-state index contributed by atoms with van der Waals surface area (Å²) in [5.41, 5.74) is 2.54. The van der Waals surface area contributed by atoms with E-state index < -0.39 is 0 Å². The number of hydrogen-bond acceptors (Lipinski definition) is 2. The molecule has 1 aliphatic rings. The lowest BCUT2D eigenvalue weighted by atomic mass is 10.1. The number of aryl methyl sites for hydroxylation is 2. The summed E-state index contributed by atoms with van der Waals surface area (Å²) in [6.07, 6.45) is 2.18. The second-order valence-electron chi connectivity index (χ2n) is 4.33. The van der Waals surface area contributed by atoms with Crippen molar-refractivity contribution < 1.29 is 4.39 Å². The smallest absolute Gasteiger partial charge is 0.129 e. The Bertz CT molecular complexity index is 401. The minimum Gasteiger partial charge on any atom is -0.370 e. The van der Waals surface area contributed by atoms with Crippen molar-refractivity contribution in [3.05, 3.63) is 34.6 Å². The van der Waals surface area contributed by atoms with Crippen LogP contribution < -0.4 is 5.32 Å². The summed E-state index contributed by atoms with van der Waals surface area (Å²) < 4.78 is 13.4. The molecule has 0 aromatic heterocycles. The third-order valence-corrected chi connectivity index (χ3v) is 2.87. The Morgan fingerprint density at radius 1 is 1.31 bits per heavy atom. The molecular weight excluding hydrogens is 203 g/mol. The summed E-state index contributed by atoms with van der Waals surface area (Å²) in [4.78, 5) is 4.34. The van der Waals surface area contributed by atoms with Crippen molar-refractivity contribution in [2.24, 2.45) is 4.99 Å². The van der Waals surface area contributed by atoms with Gasteiger partial charge in [-0.1, -0.05) is 12.1 Å². The van der Waals surface area contributed by atoms with Crippen LogP contribution in [-0.4, -0.2) is 12.4 Å². The molecule has 0 unspecified atom stereocenters. The van der Waals surface area contributed by atoms with Gasteiger partial charge in [0, 0.05) is 19.5 Å². The van der Waals surface area contributed by atoms with Crippen molar-refractivity contribution in [2.75, 3.05) is 6.54 Å². The van der Waals surface area contributed by atoms with Gasteiger partial charge in [-0.3, -0.25) is 4.99 Å². The van der Waals surface area contributed by atoms with Gasteiger partial charge in [0.1, 0.15) is 5.82 Å². The van der Waals surface area contributed by atoms with Crippen LogP contribution in [0.25, 0.3) is 0 Å². The number of amidine groups is 1. The molecule has 0 amide bonds. The van der Waals surface area contributed by atoms with Crippen molar-refractivity contribution in [1.29, 1.82) is 0 Å². The highest BCUT2D eigenvalue weighted by molar-refractivity contribution is 5.83. The maximum atomic E-state index is 13.4. The normalized spacial score (nSPS) is 15.1. The number of nitrogens with zero attached hydrogens (tertiary/aromatic N) is 1. The zero-order valence-electron chi connectivity index (χ0n) is 9.81. The molecule has 0 aliphatic carbocycles. The molecule has 0 fully saturated rings. The summed E-state index contributed by atoms with van der Waals surface area (Å²) in [6.45, 7) is 5.28. The molecule has 0 saturated carbocycles. The Labute approximate surface area is 95.6 Å². The lowest BCUT2D eigenvalue weighted by Gasteiger charge is -2.09. The molecule has 1 aromatic carbocycles. The molecule has 0 radical (unpaired) electrons. The summed E-state index contributed by atoms with van der Waals surface area (Å²) in [6, 6.07) is 3.79.